The summed E-state index contributed by atoms with van der Waals surface area (Å²) in [6.07, 6.45) is 6.43. The van der Waals surface area contributed by atoms with Gasteiger partial charge in [-0.3, -0.25) is 9.69 Å². The van der Waals surface area contributed by atoms with Crippen molar-refractivity contribution >= 4 is 30.7 Å². The summed E-state index contributed by atoms with van der Waals surface area (Å²) in [7, 11) is 0. The second-order valence-corrected chi connectivity index (χ2v) is 7.93. The normalized spacial score (nSPS) is 19.2. The lowest BCUT2D eigenvalue weighted by molar-refractivity contribution is -0.124. The van der Waals surface area contributed by atoms with Gasteiger partial charge < -0.3 is 15.8 Å². The molecule has 1 aliphatic carbocycles. The maximum atomic E-state index is 12.5. The summed E-state index contributed by atoms with van der Waals surface area (Å²) in [5, 5.41) is 3.11. The highest BCUT2D eigenvalue weighted by molar-refractivity contribution is 5.85. The Morgan fingerprint density at radius 1 is 1.11 bits per heavy atom. The highest BCUT2D eigenvalue weighted by Crippen LogP contribution is 2.38. The van der Waals surface area contributed by atoms with Crippen LogP contribution in [-0.2, 0) is 22.6 Å². The Morgan fingerprint density at radius 2 is 1.79 bits per heavy atom. The highest BCUT2D eigenvalue weighted by atomic mass is 35.5. The molecule has 1 aliphatic heterocycles. The fraction of sp³-hybridized carbons (Fsp3) is 0.667. The van der Waals surface area contributed by atoms with Crippen molar-refractivity contribution in [3.05, 3.63) is 35.4 Å². The van der Waals surface area contributed by atoms with Crippen molar-refractivity contribution in [1.29, 1.82) is 0 Å². The van der Waals surface area contributed by atoms with E-state index in [-0.39, 0.29) is 36.1 Å². The molecule has 0 aromatic heterocycles. The molecule has 0 bridgehead atoms. The van der Waals surface area contributed by atoms with Crippen molar-refractivity contribution in [2.45, 2.75) is 51.6 Å². The molecule has 1 heterocycles. The van der Waals surface area contributed by atoms with E-state index in [0.29, 0.717) is 19.5 Å². The zero-order chi connectivity index (χ0) is 18.2. The molecule has 1 saturated carbocycles. The number of hydrogen-bond donors (Lipinski definition) is 2. The Hall–Kier alpha value is -0.850. The van der Waals surface area contributed by atoms with Gasteiger partial charge in [-0.25, -0.2) is 0 Å². The maximum Gasteiger partial charge on any atom is 0.220 e. The molecule has 2 aliphatic rings. The van der Waals surface area contributed by atoms with E-state index >= 15 is 0 Å². The third-order valence-corrected chi connectivity index (χ3v) is 5.87. The van der Waals surface area contributed by atoms with Crippen LogP contribution in [-0.4, -0.2) is 43.7 Å². The number of nitrogens with zero attached hydrogens (tertiary/aromatic N) is 1. The van der Waals surface area contributed by atoms with Crippen LogP contribution in [0.3, 0.4) is 0 Å². The number of benzene rings is 1. The Kier molecular flexibility index (Phi) is 11.4. The first-order valence-corrected chi connectivity index (χ1v) is 10.0. The first kappa shape index (κ1) is 25.2. The molecule has 0 spiro atoms. The van der Waals surface area contributed by atoms with Crippen molar-refractivity contribution < 1.29 is 9.53 Å². The third-order valence-electron chi connectivity index (χ3n) is 5.87. The van der Waals surface area contributed by atoms with Gasteiger partial charge in [-0.1, -0.05) is 43.5 Å². The molecular formula is C21H35Cl2N3O2. The van der Waals surface area contributed by atoms with Crippen LogP contribution >= 0.6 is 24.8 Å². The van der Waals surface area contributed by atoms with Gasteiger partial charge in [0.1, 0.15) is 0 Å². The molecule has 160 valence electrons. The summed E-state index contributed by atoms with van der Waals surface area (Å²) >= 11 is 0. The van der Waals surface area contributed by atoms with E-state index < -0.39 is 0 Å². The molecule has 3 N–H and O–H groups in total. The van der Waals surface area contributed by atoms with Crippen LogP contribution in [0.2, 0.25) is 0 Å². The van der Waals surface area contributed by atoms with Crippen LogP contribution in [0.4, 0.5) is 0 Å². The fourth-order valence-corrected chi connectivity index (χ4v) is 4.21. The van der Waals surface area contributed by atoms with Gasteiger partial charge in [-0.05, 0) is 35.9 Å². The topological polar surface area (TPSA) is 67.6 Å². The number of halogens is 2. The molecule has 1 amide bonds. The quantitative estimate of drug-likeness (QED) is 0.694. The van der Waals surface area contributed by atoms with Crippen LogP contribution < -0.4 is 11.1 Å². The Bertz CT molecular complexity index is 589. The lowest BCUT2D eigenvalue weighted by Gasteiger charge is -2.35. The van der Waals surface area contributed by atoms with Crippen molar-refractivity contribution in [2.75, 3.05) is 32.8 Å². The first-order valence-electron chi connectivity index (χ1n) is 10.0. The average molecular weight is 432 g/mol. The lowest BCUT2D eigenvalue weighted by Crippen LogP contribution is -2.38. The van der Waals surface area contributed by atoms with Crippen LogP contribution in [0, 0.1) is 5.41 Å². The predicted molar refractivity (Wildman–Crippen MR) is 118 cm³/mol. The monoisotopic (exact) mass is 431 g/mol. The lowest BCUT2D eigenvalue weighted by atomic mass is 9.71. The number of nitrogens with one attached hydrogen (secondary N) is 1. The molecule has 28 heavy (non-hydrogen) atoms. The number of nitrogens with two attached hydrogens (primary N) is 1. The maximum absolute atomic E-state index is 12.5. The molecule has 1 aromatic carbocycles. The van der Waals surface area contributed by atoms with Gasteiger partial charge in [-0.15, -0.1) is 24.8 Å². The SMILES string of the molecule is Cl.Cl.NCC1(CC(=O)NCc2cccc(CN3CCOCC3)c2)CCCCC1. The highest BCUT2D eigenvalue weighted by Gasteiger charge is 2.32. The number of hydrogen-bond acceptors (Lipinski definition) is 4. The number of amides is 1. The minimum absolute atomic E-state index is 0. The van der Waals surface area contributed by atoms with E-state index in [0.717, 1.165) is 51.3 Å². The summed E-state index contributed by atoms with van der Waals surface area (Å²) in [5.41, 5.74) is 8.49. The van der Waals surface area contributed by atoms with Crippen molar-refractivity contribution in [3.63, 3.8) is 0 Å². The van der Waals surface area contributed by atoms with Crippen LogP contribution in [0.1, 0.15) is 49.7 Å². The van der Waals surface area contributed by atoms with Gasteiger partial charge in [0.25, 0.3) is 0 Å². The first-order chi connectivity index (χ1) is 12.7. The van der Waals surface area contributed by atoms with E-state index in [1.807, 2.05) is 0 Å². The van der Waals surface area contributed by atoms with Crippen molar-refractivity contribution in [2.24, 2.45) is 11.1 Å². The van der Waals surface area contributed by atoms with E-state index in [1.165, 1.54) is 24.8 Å². The Balaban J connectivity index is 0.00000196. The van der Waals surface area contributed by atoms with Gasteiger partial charge in [0, 0.05) is 32.6 Å². The number of carbonyl (C=O) groups is 1. The van der Waals surface area contributed by atoms with Crippen LogP contribution in [0.5, 0.6) is 0 Å². The van der Waals surface area contributed by atoms with E-state index in [1.54, 1.807) is 0 Å². The molecular weight excluding hydrogens is 397 g/mol. The van der Waals surface area contributed by atoms with E-state index in [9.17, 15) is 4.79 Å². The molecule has 2 fully saturated rings. The van der Waals surface area contributed by atoms with Crippen molar-refractivity contribution in [1.82, 2.24) is 10.2 Å². The zero-order valence-corrected chi connectivity index (χ0v) is 18.3. The molecule has 7 heteroatoms. The summed E-state index contributed by atoms with van der Waals surface area (Å²) in [5.74, 6) is 0.135. The standard InChI is InChI=1S/C21H33N3O2.2ClH/c22-17-21(7-2-1-3-8-21)14-20(25)23-15-18-5-4-6-19(13-18)16-24-9-11-26-12-10-24;;/h4-6,13H,1-3,7-12,14-17,22H2,(H,23,25);2*1H. The second-order valence-electron chi connectivity index (χ2n) is 7.93. The smallest absolute Gasteiger partial charge is 0.220 e. The summed E-state index contributed by atoms with van der Waals surface area (Å²) in [6.45, 7) is 5.77. The predicted octanol–water partition coefficient (Wildman–Crippen LogP) is 3.28. The van der Waals surface area contributed by atoms with E-state index in [4.69, 9.17) is 10.5 Å². The van der Waals surface area contributed by atoms with Gasteiger partial charge in [0.05, 0.1) is 13.2 Å². The summed E-state index contributed by atoms with van der Waals surface area (Å²) < 4.78 is 5.41. The molecule has 3 rings (SSSR count). The number of rotatable bonds is 7. The molecule has 1 aromatic rings. The molecule has 0 unspecified atom stereocenters. The summed E-state index contributed by atoms with van der Waals surface area (Å²) in [4.78, 5) is 14.9. The minimum atomic E-state index is 0. The molecule has 5 nitrogen and oxygen atoms in total. The van der Waals surface area contributed by atoms with Gasteiger partial charge in [0.15, 0.2) is 0 Å². The molecule has 1 saturated heterocycles. The van der Waals surface area contributed by atoms with Gasteiger partial charge in [-0.2, -0.15) is 0 Å². The Morgan fingerprint density at radius 3 is 2.46 bits per heavy atom. The average Bonchev–Trinajstić information content (AvgIpc) is 2.68. The van der Waals surface area contributed by atoms with Gasteiger partial charge >= 0.3 is 0 Å². The molecule has 0 radical (unpaired) electrons. The van der Waals surface area contributed by atoms with Crippen LogP contribution in [0.25, 0.3) is 0 Å². The fourth-order valence-electron chi connectivity index (χ4n) is 4.21. The number of morpholine rings is 1. The Labute approximate surface area is 181 Å². The largest absolute Gasteiger partial charge is 0.379 e. The van der Waals surface area contributed by atoms with Crippen molar-refractivity contribution in [3.8, 4) is 0 Å². The molecule has 0 atom stereocenters. The summed E-state index contributed by atoms with van der Waals surface area (Å²) in [6, 6.07) is 8.53. The number of carbonyl (C=O) groups excluding carboxylic acids is 1. The second kappa shape index (κ2) is 12.7. The third kappa shape index (κ3) is 7.53. The minimum Gasteiger partial charge on any atom is -0.379 e. The zero-order valence-electron chi connectivity index (χ0n) is 16.7. The van der Waals surface area contributed by atoms with Crippen LogP contribution in [0.15, 0.2) is 24.3 Å². The van der Waals surface area contributed by atoms with Gasteiger partial charge in [0.2, 0.25) is 5.91 Å². The van der Waals surface area contributed by atoms with E-state index in [2.05, 4.69) is 34.5 Å². The number of ether oxygens (including phenoxy) is 1.